The first-order chi connectivity index (χ1) is 15.1. The molecule has 0 spiro atoms. The van der Waals surface area contributed by atoms with Gasteiger partial charge in [0.15, 0.2) is 0 Å². The van der Waals surface area contributed by atoms with E-state index in [2.05, 4.69) is 27.2 Å². The lowest BCUT2D eigenvalue weighted by Crippen LogP contribution is -2.18. The van der Waals surface area contributed by atoms with Gasteiger partial charge in [0.05, 0.1) is 5.69 Å². The number of nitrogens with one attached hydrogen (secondary N) is 1. The van der Waals surface area contributed by atoms with Crippen molar-refractivity contribution < 1.29 is 19.1 Å². The number of rotatable bonds is 4. The van der Waals surface area contributed by atoms with E-state index in [9.17, 15) is 9.59 Å². The molecule has 1 amide bonds. The van der Waals surface area contributed by atoms with Gasteiger partial charge in [-0.15, -0.1) is 0 Å². The molecule has 1 aliphatic carbocycles. The Hall–Kier alpha value is -4.05. The minimum absolute atomic E-state index is 0.295. The van der Waals surface area contributed by atoms with Crippen LogP contribution in [0.15, 0.2) is 48.5 Å². The smallest absolute Gasteiger partial charge is 0.413 e. The Labute approximate surface area is 180 Å². The molecule has 0 fully saturated rings. The predicted molar refractivity (Wildman–Crippen MR) is 115 cm³/mol. The number of fused-ring (bicyclic) bond motifs is 3. The Morgan fingerprint density at radius 3 is 2.81 bits per heavy atom. The zero-order chi connectivity index (χ0) is 21.8. The Balaban J connectivity index is 1.58. The highest BCUT2D eigenvalue weighted by atomic mass is 16.6. The van der Waals surface area contributed by atoms with E-state index in [4.69, 9.17) is 4.74 Å². The van der Waals surface area contributed by atoms with Crippen LogP contribution in [0, 0.1) is 12.0 Å². The average Bonchev–Trinajstić information content (AvgIpc) is 3.09. The number of hydrogen-bond donors (Lipinski definition) is 1. The summed E-state index contributed by atoms with van der Waals surface area (Å²) >= 11 is 0. The van der Waals surface area contributed by atoms with Gasteiger partial charge in [-0.3, -0.25) is 14.8 Å². The van der Waals surface area contributed by atoms with Gasteiger partial charge in [-0.05, 0) is 54.5 Å². The maximum Gasteiger partial charge on any atom is 0.413 e. The van der Waals surface area contributed by atoms with Crippen molar-refractivity contribution in [3.63, 3.8) is 0 Å². The fourth-order valence-electron chi connectivity index (χ4n) is 3.75. The SMILES string of the molecule is CC(OC(=O)Nc1c2c(nn1C)CCc1cc(C#COC=O)ccc1-2)c1ccccc1. The number of anilines is 1. The van der Waals surface area contributed by atoms with E-state index in [-0.39, 0.29) is 6.10 Å². The summed E-state index contributed by atoms with van der Waals surface area (Å²) in [5.74, 6) is 3.38. The molecule has 0 radical (unpaired) electrons. The maximum atomic E-state index is 12.6. The number of hydrogen-bond acceptors (Lipinski definition) is 5. The number of amides is 1. The first-order valence-electron chi connectivity index (χ1n) is 9.89. The van der Waals surface area contributed by atoms with Gasteiger partial charge in [0.2, 0.25) is 0 Å². The molecule has 0 saturated heterocycles. The lowest BCUT2D eigenvalue weighted by Gasteiger charge is -2.18. The van der Waals surface area contributed by atoms with Crippen LogP contribution in [0.4, 0.5) is 10.6 Å². The molecule has 1 aliphatic rings. The van der Waals surface area contributed by atoms with Gasteiger partial charge in [0.1, 0.15) is 18.0 Å². The van der Waals surface area contributed by atoms with Crippen LogP contribution in [0.2, 0.25) is 0 Å². The third-order valence-corrected chi connectivity index (χ3v) is 5.20. The van der Waals surface area contributed by atoms with Crippen LogP contribution < -0.4 is 5.32 Å². The molecule has 1 N–H and O–H groups in total. The maximum absolute atomic E-state index is 12.6. The zero-order valence-electron chi connectivity index (χ0n) is 17.2. The summed E-state index contributed by atoms with van der Waals surface area (Å²) in [5, 5.41) is 7.45. The van der Waals surface area contributed by atoms with Crippen molar-refractivity contribution in [1.29, 1.82) is 0 Å². The predicted octanol–water partition coefficient (Wildman–Crippen LogP) is 3.98. The number of ether oxygens (including phenoxy) is 2. The summed E-state index contributed by atoms with van der Waals surface area (Å²) in [7, 11) is 1.80. The molecule has 0 bridgehead atoms. The van der Waals surface area contributed by atoms with Gasteiger partial charge < -0.3 is 9.47 Å². The topological polar surface area (TPSA) is 82.4 Å². The molecule has 1 aromatic heterocycles. The summed E-state index contributed by atoms with van der Waals surface area (Å²) < 4.78 is 11.7. The van der Waals surface area contributed by atoms with Crippen molar-refractivity contribution in [3.8, 4) is 23.2 Å². The average molecular weight is 415 g/mol. The van der Waals surface area contributed by atoms with Crippen LogP contribution in [-0.4, -0.2) is 22.3 Å². The van der Waals surface area contributed by atoms with Crippen molar-refractivity contribution in [1.82, 2.24) is 9.78 Å². The summed E-state index contributed by atoms with van der Waals surface area (Å²) in [6.07, 6.45) is 2.97. The standard InChI is InChI=1S/C24H21N3O4/c1-16(18-6-4-3-5-7-18)31-24(29)25-23-22-20-10-8-17(12-13-30-15-28)14-19(20)9-11-21(22)26-27(23)2/h3-8,10,14-16H,9,11H2,1-2H3,(H,25,29). The van der Waals surface area contributed by atoms with E-state index in [1.807, 2.05) is 55.5 Å². The molecule has 7 heteroatoms. The first-order valence-corrected chi connectivity index (χ1v) is 9.89. The molecule has 31 heavy (non-hydrogen) atoms. The molecule has 156 valence electrons. The molecule has 1 atom stereocenters. The van der Waals surface area contributed by atoms with E-state index in [1.54, 1.807) is 11.7 Å². The van der Waals surface area contributed by atoms with Gasteiger partial charge in [0, 0.05) is 18.2 Å². The van der Waals surface area contributed by atoms with Crippen LogP contribution in [-0.2, 0) is 34.2 Å². The minimum atomic E-state index is -0.539. The highest BCUT2D eigenvalue weighted by Crippen LogP contribution is 2.39. The fraction of sp³-hybridized carbons (Fsp3) is 0.208. The zero-order valence-corrected chi connectivity index (χ0v) is 17.2. The third-order valence-electron chi connectivity index (χ3n) is 5.20. The summed E-state index contributed by atoms with van der Waals surface area (Å²) in [4.78, 5) is 22.9. The number of carbonyl (C=O) groups excluding carboxylic acids is 2. The lowest BCUT2D eigenvalue weighted by atomic mass is 9.88. The van der Waals surface area contributed by atoms with E-state index < -0.39 is 6.09 Å². The van der Waals surface area contributed by atoms with E-state index in [0.29, 0.717) is 12.3 Å². The van der Waals surface area contributed by atoms with E-state index in [0.717, 1.165) is 46.4 Å². The van der Waals surface area contributed by atoms with Crippen LogP contribution >= 0.6 is 0 Å². The molecule has 0 aliphatic heterocycles. The first kappa shape index (κ1) is 20.2. The summed E-state index contributed by atoms with van der Waals surface area (Å²) in [6.45, 7) is 2.13. The molecule has 2 aromatic carbocycles. The Bertz CT molecular complexity index is 1190. The van der Waals surface area contributed by atoms with E-state index in [1.165, 1.54) is 0 Å². The second-order valence-corrected chi connectivity index (χ2v) is 7.19. The second-order valence-electron chi connectivity index (χ2n) is 7.19. The number of nitrogens with zero attached hydrogens (tertiary/aromatic N) is 2. The van der Waals surface area contributed by atoms with Gasteiger partial charge in [-0.2, -0.15) is 5.10 Å². The molecule has 1 heterocycles. The number of carbonyl (C=O) groups is 2. The van der Waals surface area contributed by atoms with Crippen molar-refractivity contribution in [3.05, 3.63) is 70.9 Å². The highest BCUT2D eigenvalue weighted by Gasteiger charge is 2.26. The van der Waals surface area contributed by atoms with Crippen LogP contribution in [0.5, 0.6) is 0 Å². The minimum Gasteiger partial charge on any atom is -0.441 e. The van der Waals surface area contributed by atoms with Gasteiger partial charge in [-0.25, -0.2) is 4.79 Å². The van der Waals surface area contributed by atoms with Crippen molar-refractivity contribution in [2.75, 3.05) is 5.32 Å². The fourth-order valence-corrected chi connectivity index (χ4v) is 3.75. The molecule has 7 nitrogen and oxygen atoms in total. The molecular weight excluding hydrogens is 394 g/mol. The number of benzene rings is 2. The monoisotopic (exact) mass is 415 g/mol. The van der Waals surface area contributed by atoms with Gasteiger partial charge in [-0.1, -0.05) is 36.4 Å². The molecule has 4 rings (SSSR count). The van der Waals surface area contributed by atoms with Gasteiger partial charge >= 0.3 is 12.6 Å². The van der Waals surface area contributed by atoms with Crippen molar-refractivity contribution in [2.45, 2.75) is 25.9 Å². The normalized spacial score (nSPS) is 12.5. The van der Waals surface area contributed by atoms with E-state index >= 15 is 0 Å². The number of aromatic nitrogens is 2. The second kappa shape index (κ2) is 8.76. The molecule has 0 saturated carbocycles. The molecule has 1 unspecified atom stereocenters. The summed E-state index contributed by atoms with van der Waals surface area (Å²) in [5.41, 5.74) is 5.55. The molecular formula is C24H21N3O4. The highest BCUT2D eigenvalue weighted by molar-refractivity contribution is 5.92. The van der Waals surface area contributed by atoms with Gasteiger partial charge in [0.25, 0.3) is 0 Å². The van der Waals surface area contributed by atoms with Crippen LogP contribution in [0.1, 0.15) is 35.4 Å². The quantitative estimate of drug-likeness (QED) is 0.515. The Morgan fingerprint density at radius 2 is 2.03 bits per heavy atom. The van der Waals surface area contributed by atoms with Crippen LogP contribution in [0.3, 0.4) is 0 Å². The third kappa shape index (κ3) is 4.28. The van der Waals surface area contributed by atoms with Crippen molar-refractivity contribution in [2.24, 2.45) is 7.05 Å². The van der Waals surface area contributed by atoms with Crippen molar-refractivity contribution >= 4 is 18.4 Å². The Morgan fingerprint density at radius 1 is 1.23 bits per heavy atom. The number of aryl methyl sites for hydroxylation is 3. The van der Waals surface area contributed by atoms with Crippen LogP contribution in [0.25, 0.3) is 11.1 Å². The molecule has 3 aromatic rings. The largest absolute Gasteiger partial charge is 0.441 e. The summed E-state index contributed by atoms with van der Waals surface area (Å²) in [6, 6.07) is 15.3. The lowest BCUT2D eigenvalue weighted by molar-refractivity contribution is -0.122. The Kier molecular flexibility index (Phi) is 5.72.